The Morgan fingerprint density at radius 2 is 2.12 bits per heavy atom. The van der Waals surface area contributed by atoms with Crippen LogP contribution in [0.15, 0.2) is 0 Å². The van der Waals surface area contributed by atoms with Gasteiger partial charge in [-0.05, 0) is 12.3 Å². The van der Waals surface area contributed by atoms with Crippen molar-refractivity contribution >= 4 is 11.3 Å². The van der Waals surface area contributed by atoms with Crippen LogP contribution in [0.4, 0.5) is 0 Å². The standard InChI is InChI=1S/C11H21N3O2S/c1-9(2)4-6-16-11-14-13-10(17-11)8-12-5-7-15-3/h9,12H,4-8H2,1-3H3. The molecule has 98 valence electrons. The summed E-state index contributed by atoms with van der Waals surface area (Å²) in [5, 5.41) is 12.9. The summed E-state index contributed by atoms with van der Waals surface area (Å²) in [6.07, 6.45) is 1.04. The van der Waals surface area contributed by atoms with Crippen LogP contribution < -0.4 is 10.1 Å². The van der Waals surface area contributed by atoms with Gasteiger partial charge in [-0.1, -0.05) is 25.2 Å². The summed E-state index contributed by atoms with van der Waals surface area (Å²) in [6, 6.07) is 0. The maximum Gasteiger partial charge on any atom is 0.294 e. The van der Waals surface area contributed by atoms with Crippen molar-refractivity contribution in [2.24, 2.45) is 5.92 Å². The minimum Gasteiger partial charge on any atom is -0.469 e. The second-order valence-electron chi connectivity index (χ2n) is 4.16. The molecular weight excluding hydrogens is 238 g/mol. The summed E-state index contributed by atoms with van der Waals surface area (Å²) >= 11 is 1.49. The van der Waals surface area contributed by atoms with E-state index < -0.39 is 0 Å². The molecule has 0 aromatic carbocycles. The lowest BCUT2D eigenvalue weighted by Crippen LogP contribution is -2.18. The maximum absolute atomic E-state index is 5.52. The first-order valence-corrected chi connectivity index (χ1v) is 6.69. The molecule has 1 heterocycles. The van der Waals surface area contributed by atoms with Gasteiger partial charge in [-0.3, -0.25) is 0 Å². The van der Waals surface area contributed by atoms with Gasteiger partial charge in [-0.25, -0.2) is 0 Å². The van der Waals surface area contributed by atoms with Crippen LogP contribution in [0.1, 0.15) is 25.3 Å². The molecule has 6 heteroatoms. The SMILES string of the molecule is COCCNCc1nnc(OCCC(C)C)s1. The summed E-state index contributed by atoms with van der Waals surface area (Å²) in [5.41, 5.74) is 0. The summed E-state index contributed by atoms with van der Waals surface area (Å²) in [6.45, 7) is 7.30. The highest BCUT2D eigenvalue weighted by atomic mass is 32.1. The molecule has 0 amide bonds. The van der Waals surface area contributed by atoms with Gasteiger partial charge in [-0.15, -0.1) is 10.2 Å². The number of hydrogen-bond acceptors (Lipinski definition) is 6. The quantitative estimate of drug-likeness (QED) is 0.684. The first-order chi connectivity index (χ1) is 8.22. The van der Waals surface area contributed by atoms with E-state index in [2.05, 4.69) is 29.4 Å². The van der Waals surface area contributed by atoms with E-state index >= 15 is 0 Å². The molecule has 1 N–H and O–H groups in total. The molecule has 0 aliphatic rings. The Morgan fingerprint density at radius 1 is 1.29 bits per heavy atom. The number of hydrogen-bond donors (Lipinski definition) is 1. The Hall–Kier alpha value is -0.720. The normalized spacial score (nSPS) is 11.1. The Morgan fingerprint density at radius 3 is 2.82 bits per heavy atom. The Labute approximate surface area is 107 Å². The molecule has 0 bridgehead atoms. The lowest BCUT2D eigenvalue weighted by Gasteiger charge is -2.03. The van der Waals surface area contributed by atoms with E-state index in [1.165, 1.54) is 11.3 Å². The second kappa shape index (κ2) is 8.38. The van der Waals surface area contributed by atoms with Crippen LogP contribution in [0.25, 0.3) is 0 Å². The molecule has 1 aromatic rings. The van der Waals surface area contributed by atoms with E-state index in [4.69, 9.17) is 9.47 Å². The van der Waals surface area contributed by atoms with Crippen molar-refractivity contribution in [1.29, 1.82) is 0 Å². The van der Waals surface area contributed by atoms with Gasteiger partial charge >= 0.3 is 0 Å². The van der Waals surface area contributed by atoms with Crippen molar-refractivity contribution in [3.8, 4) is 5.19 Å². The molecule has 0 aliphatic carbocycles. The smallest absolute Gasteiger partial charge is 0.294 e. The van der Waals surface area contributed by atoms with Crippen molar-refractivity contribution < 1.29 is 9.47 Å². The summed E-state index contributed by atoms with van der Waals surface area (Å²) in [4.78, 5) is 0. The number of ether oxygens (including phenoxy) is 2. The number of rotatable bonds is 9. The van der Waals surface area contributed by atoms with Crippen molar-refractivity contribution in [3.05, 3.63) is 5.01 Å². The highest BCUT2D eigenvalue weighted by molar-refractivity contribution is 7.13. The van der Waals surface area contributed by atoms with E-state index in [9.17, 15) is 0 Å². The largest absolute Gasteiger partial charge is 0.469 e. The van der Waals surface area contributed by atoms with Gasteiger partial charge in [0.1, 0.15) is 5.01 Å². The fourth-order valence-corrected chi connectivity index (χ4v) is 1.80. The topological polar surface area (TPSA) is 56.3 Å². The number of aromatic nitrogens is 2. The van der Waals surface area contributed by atoms with Crippen LogP contribution >= 0.6 is 11.3 Å². The predicted molar refractivity (Wildman–Crippen MR) is 68.4 cm³/mol. The van der Waals surface area contributed by atoms with Crippen LogP contribution in [-0.2, 0) is 11.3 Å². The predicted octanol–water partition coefficient (Wildman–Crippen LogP) is 1.70. The average molecular weight is 259 g/mol. The average Bonchev–Trinajstić information content (AvgIpc) is 2.72. The zero-order chi connectivity index (χ0) is 12.5. The number of nitrogens with one attached hydrogen (secondary N) is 1. The van der Waals surface area contributed by atoms with Gasteiger partial charge in [-0.2, -0.15) is 0 Å². The van der Waals surface area contributed by atoms with Gasteiger partial charge < -0.3 is 14.8 Å². The molecule has 0 saturated carbocycles. The molecule has 0 spiro atoms. The Balaban J connectivity index is 2.18. The molecule has 5 nitrogen and oxygen atoms in total. The fourth-order valence-electron chi connectivity index (χ4n) is 1.12. The molecule has 1 aromatic heterocycles. The van der Waals surface area contributed by atoms with Gasteiger partial charge in [0, 0.05) is 20.2 Å². The summed E-state index contributed by atoms with van der Waals surface area (Å²) in [5.74, 6) is 0.651. The lowest BCUT2D eigenvalue weighted by molar-refractivity contribution is 0.199. The Kier molecular flexibility index (Phi) is 7.07. The number of methoxy groups -OCH3 is 1. The van der Waals surface area contributed by atoms with E-state index in [0.29, 0.717) is 30.9 Å². The van der Waals surface area contributed by atoms with Crippen molar-refractivity contribution in [2.75, 3.05) is 26.9 Å². The van der Waals surface area contributed by atoms with Crippen LogP contribution in [0, 0.1) is 5.92 Å². The molecule has 17 heavy (non-hydrogen) atoms. The van der Waals surface area contributed by atoms with Gasteiger partial charge in [0.05, 0.1) is 13.2 Å². The Bertz CT molecular complexity index is 305. The summed E-state index contributed by atoms with van der Waals surface area (Å²) < 4.78 is 10.5. The van der Waals surface area contributed by atoms with Crippen molar-refractivity contribution in [3.63, 3.8) is 0 Å². The van der Waals surface area contributed by atoms with Crippen LogP contribution in [0.3, 0.4) is 0 Å². The van der Waals surface area contributed by atoms with Crippen molar-refractivity contribution in [1.82, 2.24) is 15.5 Å². The van der Waals surface area contributed by atoms with Crippen molar-refractivity contribution in [2.45, 2.75) is 26.8 Å². The first kappa shape index (κ1) is 14.3. The third-order valence-corrected chi connectivity index (χ3v) is 2.96. The third kappa shape index (κ3) is 6.55. The molecule has 0 aliphatic heterocycles. The minimum atomic E-state index is 0.651. The lowest BCUT2D eigenvalue weighted by atomic mass is 10.1. The highest BCUT2D eigenvalue weighted by Crippen LogP contribution is 2.18. The van der Waals surface area contributed by atoms with E-state index in [1.807, 2.05) is 0 Å². The van der Waals surface area contributed by atoms with E-state index in [1.54, 1.807) is 7.11 Å². The highest BCUT2D eigenvalue weighted by Gasteiger charge is 2.05. The molecule has 0 radical (unpaired) electrons. The second-order valence-corrected chi connectivity index (χ2v) is 5.19. The molecule has 0 fully saturated rings. The maximum atomic E-state index is 5.52. The fraction of sp³-hybridized carbons (Fsp3) is 0.818. The van der Waals surface area contributed by atoms with Crippen LogP contribution in [0.2, 0.25) is 0 Å². The first-order valence-electron chi connectivity index (χ1n) is 5.87. The minimum absolute atomic E-state index is 0.651. The van der Waals surface area contributed by atoms with E-state index in [-0.39, 0.29) is 0 Å². The molecule has 0 atom stereocenters. The van der Waals surface area contributed by atoms with Gasteiger partial charge in [0.2, 0.25) is 0 Å². The summed E-state index contributed by atoms with van der Waals surface area (Å²) in [7, 11) is 1.69. The molecule has 0 unspecified atom stereocenters. The molecular formula is C11H21N3O2S. The monoisotopic (exact) mass is 259 g/mol. The molecule has 0 saturated heterocycles. The van der Waals surface area contributed by atoms with Gasteiger partial charge in [0.25, 0.3) is 5.19 Å². The molecule has 1 rings (SSSR count). The zero-order valence-electron chi connectivity index (χ0n) is 10.7. The van der Waals surface area contributed by atoms with Crippen LogP contribution in [-0.4, -0.2) is 37.1 Å². The third-order valence-electron chi connectivity index (χ3n) is 2.13. The van der Waals surface area contributed by atoms with Crippen LogP contribution in [0.5, 0.6) is 5.19 Å². The van der Waals surface area contributed by atoms with E-state index in [0.717, 1.165) is 18.0 Å². The number of nitrogens with zero attached hydrogens (tertiary/aromatic N) is 2. The zero-order valence-corrected chi connectivity index (χ0v) is 11.5. The van der Waals surface area contributed by atoms with Gasteiger partial charge in [0.15, 0.2) is 0 Å².